The molecule has 4 saturated carbocycles. The molecule has 0 spiro atoms. The summed E-state index contributed by atoms with van der Waals surface area (Å²) in [7, 11) is -4.35. The van der Waals surface area contributed by atoms with E-state index in [0.717, 1.165) is 38.5 Å². The van der Waals surface area contributed by atoms with Crippen LogP contribution >= 0.6 is 0 Å². The van der Waals surface area contributed by atoms with Gasteiger partial charge in [-0.3, -0.25) is 4.79 Å². The minimum Gasteiger partial charge on any atom is -0.748 e. The smallest absolute Gasteiger partial charge is 0.748 e. The van der Waals surface area contributed by atoms with Crippen molar-refractivity contribution in [1.82, 2.24) is 5.32 Å². The second-order valence-corrected chi connectivity index (χ2v) is 14.2. The van der Waals surface area contributed by atoms with Crippen LogP contribution < -0.4 is 34.9 Å². The van der Waals surface area contributed by atoms with Crippen LogP contribution in [0.15, 0.2) is 0 Å². The van der Waals surface area contributed by atoms with E-state index in [1.807, 2.05) is 0 Å². The van der Waals surface area contributed by atoms with Gasteiger partial charge in [-0.05, 0) is 97.7 Å². The van der Waals surface area contributed by atoms with Crippen molar-refractivity contribution in [2.75, 3.05) is 12.3 Å². The Morgan fingerprint density at radius 1 is 1.08 bits per heavy atom. The van der Waals surface area contributed by atoms with Crippen LogP contribution in [-0.2, 0) is 14.9 Å². The van der Waals surface area contributed by atoms with Crippen LogP contribution in [0.4, 0.5) is 0 Å². The van der Waals surface area contributed by atoms with Crippen molar-refractivity contribution in [3.8, 4) is 0 Å². The summed E-state index contributed by atoms with van der Waals surface area (Å²) in [5.74, 6) is 0.522. The summed E-state index contributed by atoms with van der Waals surface area (Å²) in [5, 5.41) is 35.7. The minimum absolute atomic E-state index is 0. The number of carbonyl (C=O) groups excluding carboxylic acids is 1. The minimum atomic E-state index is -4.35. The molecule has 6 N–H and O–H groups in total. The van der Waals surface area contributed by atoms with Gasteiger partial charge in [0.05, 0.1) is 34.2 Å². The van der Waals surface area contributed by atoms with Crippen LogP contribution in [0, 0.1) is 46.3 Å². The van der Waals surface area contributed by atoms with Gasteiger partial charge in [-0.15, -0.1) is 0 Å². The van der Waals surface area contributed by atoms with Crippen LogP contribution in [-0.4, -0.2) is 70.3 Å². The van der Waals surface area contributed by atoms with E-state index in [9.17, 15) is 33.1 Å². The Bertz CT molecular complexity index is 905. The fraction of sp³-hybridized carbons (Fsp3) is 0.962. The van der Waals surface area contributed by atoms with Crippen molar-refractivity contribution in [3.63, 3.8) is 0 Å². The van der Waals surface area contributed by atoms with Crippen molar-refractivity contribution < 1.29 is 68.1 Å². The molecule has 0 unspecified atom stereocenters. The van der Waals surface area contributed by atoms with E-state index < -0.39 is 28.1 Å². The molecule has 4 aliphatic rings. The molecule has 11 heteroatoms. The van der Waals surface area contributed by atoms with Crippen molar-refractivity contribution >= 4 is 16.0 Å². The number of aliphatic hydroxyl groups is 3. The summed E-state index contributed by atoms with van der Waals surface area (Å²) in [6.07, 6.45) is 5.58. The van der Waals surface area contributed by atoms with Gasteiger partial charge in [0.2, 0.25) is 5.91 Å². The summed E-state index contributed by atoms with van der Waals surface area (Å²) in [6.45, 7) is 6.48. The molecule has 0 saturated heterocycles. The molecule has 4 fully saturated rings. The Balaban J connectivity index is 0.00000241. The molecule has 0 radical (unpaired) electrons. The zero-order valence-electron chi connectivity index (χ0n) is 22.9. The molecule has 37 heavy (non-hydrogen) atoms. The molecular weight excluding hydrogens is 509 g/mol. The van der Waals surface area contributed by atoms with E-state index in [4.69, 9.17) is 0 Å². The maximum absolute atomic E-state index is 12.2. The third-order valence-corrected chi connectivity index (χ3v) is 11.7. The molecule has 210 valence electrons. The molecule has 0 aromatic rings. The zero-order chi connectivity index (χ0) is 25.8. The first-order chi connectivity index (χ1) is 16.3. The molecule has 0 heterocycles. The number of carbonyl (C=O) groups is 1. The summed E-state index contributed by atoms with van der Waals surface area (Å²) >= 11 is 0. The molecule has 4 aliphatic carbocycles. The topological polar surface area (TPSA) is 178 Å². The summed E-state index contributed by atoms with van der Waals surface area (Å²) in [4.78, 5) is 12.2. The van der Waals surface area contributed by atoms with Gasteiger partial charge in [0.1, 0.15) is 0 Å². The number of aliphatic hydroxyl groups excluding tert-OH is 3. The number of hydrogen-bond donors (Lipinski definition) is 4. The Labute approximate surface area is 243 Å². The Morgan fingerprint density at radius 3 is 2.41 bits per heavy atom. The van der Waals surface area contributed by atoms with E-state index in [2.05, 4.69) is 26.1 Å². The summed E-state index contributed by atoms with van der Waals surface area (Å²) < 4.78 is 32.2. The van der Waals surface area contributed by atoms with Crippen molar-refractivity contribution in [1.29, 1.82) is 0 Å². The zero-order valence-corrected chi connectivity index (χ0v) is 25.7. The fourth-order valence-corrected chi connectivity index (χ4v) is 9.45. The average molecular weight is 556 g/mol. The molecule has 0 bridgehead atoms. The molecular formula is C26H46NNaO8S. The van der Waals surface area contributed by atoms with Gasteiger partial charge in [0, 0.05) is 13.0 Å². The molecule has 9 nitrogen and oxygen atoms in total. The van der Waals surface area contributed by atoms with Crippen LogP contribution in [0.5, 0.6) is 0 Å². The predicted octanol–water partition coefficient (Wildman–Crippen LogP) is -1.80. The standard InChI is InChI=1S/C26H45NO7S.Na.H2O/c1-15(4-7-23(31)27-10-11-35(32,33)34)18-5-6-19-24-20(14-22(30)26(18,19)3)25(2)9-8-17(28)12-16(25)13-21(24)29;;/h15-22,24,28-30H,4-14H2,1-3H3,(H,27,31)(H,32,33,34);;1H2/q;+1;/p-1/t15-,16+,17-,18-,19+,20+,21-,22+,24+,25+,26-;;/m1../s1. The van der Waals surface area contributed by atoms with Crippen LogP contribution in [0.25, 0.3) is 0 Å². The monoisotopic (exact) mass is 555 g/mol. The summed E-state index contributed by atoms with van der Waals surface area (Å²) in [6, 6.07) is 0. The van der Waals surface area contributed by atoms with Gasteiger partial charge in [0.25, 0.3) is 0 Å². The van der Waals surface area contributed by atoms with E-state index in [1.165, 1.54) is 0 Å². The fourth-order valence-electron chi connectivity index (χ4n) is 9.10. The third kappa shape index (κ3) is 6.43. The maximum atomic E-state index is 12.2. The first-order valence-corrected chi connectivity index (χ1v) is 15.1. The molecule has 0 aromatic heterocycles. The van der Waals surface area contributed by atoms with Gasteiger partial charge >= 0.3 is 29.6 Å². The van der Waals surface area contributed by atoms with Crippen molar-refractivity contribution in [2.24, 2.45) is 46.3 Å². The molecule has 0 aliphatic heterocycles. The average Bonchev–Trinajstić information content (AvgIpc) is 3.12. The van der Waals surface area contributed by atoms with Crippen LogP contribution in [0.3, 0.4) is 0 Å². The normalized spacial score (nSPS) is 43.8. The Morgan fingerprint density at radius 2 is 1.76 bits per heavy atom. The Kier molecular flexibility index (Phi) is 11.2. The number of fused-ring (bicyclic) bond motifs is 5. The second-order valence-electron chi connectivity index (χ2n) is 12.7. The van der Waals surface area contributed by atoms with Gasteiger partial charge in [-0.2, -0.15) is 0 Å². The number of amides is 1. The van der Waals surface area contributed by atoms with Gasteiger partial charge in [-0.1, -0.05) is 20.8 Å². The van der Waals surface area contributed by atoms with Crippen molar-refractivity contribution in [3.05, 3.63) is 0 Å². The van der Waals surface area contributed by atoms with Gasteiger partial charge in [-0.25, -0.2) is 8.42 Å². The first kappa shape index (κ1) is 33.4. The van der Waals surface area contributed by atoms with E-state index in [-0.39, 0.29) is 100 Å². The summed E-state index contributed by atoms with van der Waals surface area (Å²) in [5.41, 5.74) is -0.267. The largest absolute Gasteiger partial charge is 1.00 e. The number of rotatable bonds is 7. The quantitative estimate of drug-likeness (QED) is 0.211. The van der Waals surface area contributed by atoms with Gasteiger partial charge in [0.15, 0.2) is 0 Å². The molecule has 11 atom stereocenters. The van der Waals surface area contributed by atoms with Crippen LogP contribution in [0.2, 0.25) is 0 Å². The number of nitrogens with one attached hydrogen (secondary N) is 1. The molecule has 0 aromatic carbocycles. The van der Waals surface area contributed by atoms with Gasteiger partial charge < -0.3 is 30.7 Å². The van der Waals surface area contributed by atoms with Crippen molar-refractivity contribution in [2.45, 2.75) is 96.9 Å². The molecule has 4 rings (SSSR count). The predicted molar refractivity (Wildman–Crippen MR) is 134 cm³/mol. The van der Waals surface area contributed by atoms with E-state index in [0.29, 0.717) is 18.8 Å². The molecule has 1 amide bonds. The third-order valence-electron chi connectivity index (χ3n) is 11.0. The van der Waals surface area contributed by atoms with E-state index >= 15 is 0 Å². The van der Waals surface area contributed by atoms with E-state index in [1.54, 1.807) is 0 Å². The Hall–Kier alpha value is 0.220. The number of hydrogen-bond acceptors (Lipinski definition) is 7. The SMILES string of the molecule is C[C@H](CCC(=O)NCCS(=O)(=O)[O-])[C@H]1CC[C@H]2[C@@H]3[C@H](O)C[C@@H]4C[C@H](O)CC[C@]4(C)[C@H]3C[C@H](O)[C@]12C.O.[Na+]. The maximum Gasteiger partial charge on any atom is 1.00 e. The first-order valence-electron chi connectivity index (χ1n) is 13.5. The second kappa shape index (κ2) is 12.4. The van der Waals surface area contributed by atoms with Crippen LogP contribution in [0.1, 0.15) is 78.6 Å².